The quantitative estimate of drug-likeness (QED) is 0.256. The molecular formula is C31H38ClN3O8S. The third-order valence-corrected chi connectivity index (χ3v) is 8.83. The van der Waals surface area contributed by atoms with E-state index in [-0.39, 0.29) is 39.6 Å². The van der Waals surface area contributed by atoms with Crippen LogP contribution in [0.4, 0.5) is 5.69 Å². The van der Waals surface area contributed by atoms with Gasteiger partial charge >= 0.3 is 0 Å². The van der Waals surface area contributed by atoms with E-state index in [0.29, 0.717) is 30.0 Å². The van der Waals surface area contributed by atoms with Crippen molar-refractivity contribution in [2.45, 2.75) is 37.8 Å². The Morgan fingerprint density at radius 1 is 0.886 bits per heavy atom. The number of ether oxygens (including phenoxy) is 4. The van der Waals surface area contributed by atoms with Crippen LogP contribution in [0, 0.1) is 0 Å². The number of carbonyl (C=O) groups is 2. The van der Waals surface area contributed by atoms with Crippen molar-refractivity contribution in [3.63, 3.8) is 0 Å². The molecule has 0 bridgehead atoms. The molecule has 0 radical (unpaired) electrons. The van der Waals surface area contributed by atoms with Crippen LogP contribution in [0.5, 0.6) is 23.0 Å². The van der Waals surface area contributed by atoms with Gasteiger partial charge in [0.25, 0.3) is 10.0 Å². The van der Waals surface area contributed by atoms with Crippen LogP contribution in [0.2, 0.25) is 5.02 Å². The number of nitrogens with zero attached hydrogens (tertiary/aromatic N) is 2. The average molecular weight is 648 g/mol. The fourth-order valence-electron chi connectivity index (χ4n) is 4.42. The van der Waals surface area contributed by atoms with E-state index in [9.17, 15) is 18.0 Å². The van der Waals surface area contributed by atoms with Gasteiger partial charge in [0, 0.05) is 24.2 Å². The van der Waals surface area contributed by atoms with Gasteiger partial charge < -0.3 is 29.2 Å². The highest BCUT2D eigenvalue weighted by Crippen LogP contribution is 2.37. The second-order valence-corrected chi connectivity index (χ2v) is 12.0. The van der Waals surface area contributed by atoms with Gasteiger partial charge in [-0.3, -0.25) is 13.9 Å². The molecule has 2 amide bonds. The number of benzene rings is 3. The van der Waals surface area contributed by atoms with Crippen molar-refractivity contribution in [2.24, 2.45) is 0 Å². The standard InChI is InChI=1S/C31H38ClN3O8S/c1-7-15-33-31(37)21(2)34(19-22-9-8-10-24(16-22)40-3)30(36)20-35(26-17-23(32)11-13-27(26)41-4)44(38,39)25-12-14-28(42-5)29(18-25)43-6/h8-14,16-18,21H,7,15,19-20H2,1-6H3,(H,33,37)/t21-/m1/s1. The highest BCUT2D eigenvalue weighted by atomic mass is 35.5. The lowest BCUT2D eigenvalue weighted by Gasteiger charge is -2.32. The smallest absolute Gasteiger partial charge is 0.265 e. The number of rotatable bonds is 15. The Labute approximate surface area is 263 Å². The first-order chi connectivity index (χ1) is 21.0. The zero-order valence-electron chi connectivity index (χ0n) is 25.6. The van der Waals surface area contributed by atoms with Gasteiger partial charge in [-0.2, -0.15) is 0 Å². The largest absolute Gasteiger partial charge is 0.497 e. The van der Waals surface area contributed by atoms with E-state index in [2.05, 4.69) is 5.32 Å². The molecule has 0 aromatic heterocycles. The molecule has 0 fully saturated rings. The van der Waals surface area contributed by atoms with Crippen LogP contribution in [0.3, 0.4) is 0 Å². The molecule has 3 rings (SSSR count). The lowest BCUT2D eigenvalue weighted by molar-refractivity contribution is -0.139. The summed E-state index contributed by atoms with van der Waals surface area (Å²) in [6, 6.07) is 14.7. The Morgan fingerprint density at radius 3 is 2.20 bits per heavy atom. The van der Waals surface area contributed by atoms with Crippen LogP contribution >= 0.6 is 11.6 Å². The lowest BCUT2D eigenvalue weighted by atomic mass is 10.1. The molecule has 3 aromatic carbocycles. The van der Waals surface area contributed by atoms with E-state index in [1.807, 2.05) is 6.92 Å². The first-order valence-corrected chi connectivity index (χ1v) is 15.6. The lowest BCUT2D eigenvalue weighted by Crippen LogP contribution is -2.51. The van der Waals surface area contributed by atoms with Gasteiger partial charge in [-0.25, -0.2) is 8.42 Å². The van der Waals surface area contributed by atoms with Gasteiger partial charge in [0.2, 0.25) is 11.8 Å². The molecule has 0 aliphatic heterocycles. The number of hydrogen-bond acceptors (Lipinski definition) is 8. The van der Waals surface area contributed by atoms with E-state index >= 15 is 0 Å². The summed E-state index contributed by atoms with van der Waals surface area (Å²) in [6.07, 6.45) is 0.703. The Morgan fingerprint density at radius 2 is 1.57 bits per heavy atom. The van der Waals surface area contributed by atoms with E-state index < -0.39 is 28.5 Å². The number of methoxy groups -OCH3 is 4. The van der Waals surface area contributed by atoms with Crippen molar-refractivity contribution < 1.29 is 37.0 Å². The molecule has 0 heterocycles. The summed E-state index contributed by atoms with van der Waals surface area (Å²) in [5.41, 5.74) is 0.718. The number of nitrogens with one attached hydrogen (secondary N) is 1. The van der Waals surface area contributed by atoms with Crippen LogP contribution in [-0.2, 0) is 26.2 Å². The summed E-state index contributed by atoms with van der Waals surface area (Å²) >= 11 is 6.30. The number of hydrogen-bond donors (Lipinski definition) is 1. The van der Waals surface area contributed by atoms with Crippen molar-refractivity contribution in [1.82, 2.24) is 10.2 Å². The Bertz CT molecular complexity index is 1570. The molecular weight excluding hydrogens is 610 g/mol. The van der Waals surface area contributed by atoms with Crippen LogP contribution in [0.25, 0.3) is 0 Å². The Kier molecular flexibility index (Phi) is 12.1. The van der Waals surface area contributed by atoms with Gasteiger partial charge in [0.15, 0.2) is 11.5 Å². The van der Waals surface area contributed by atoms with Crippen LogP contribution in [0.1, 0.15) is 25.8 Å². The maximum atomic E-state index is 14.3. The minimum atomic E-state index is -4.44. The molecule has 0 saturated carbocycles. The third kappa shape index (κ3) is 8.06. The third-order valence-electron chi connectivity index (χ3n) is 6.84. The van der Waals surface area contributed by atoms with E-state index in [0.717, 1.165) is 4.31 Å². The average Bonchev–Trinajstić information content (AvgIpc) is 3.03. The first-order valence-electron chi connectivity index (χ1n) is 13.8. The normalized spacial score (nSPS) is 11.7. The van der Waals surface area contributed by atoms with Crippen LogP contribution in [0.15, 0.2) is 65.6 Å². The molecule has 0 unspecified atom stereocenters. The molecule has 0 aliphatic carbocycles. The van der Waals surface area contributed by atoms with E-state index in [1.54, 1.807) is 37.3 Å². The number of carbonyl (C=O) groups excluding carboxylic acids is 2. The van der Waals surface area contributed by atoms with Crippen molar-refractivity contribution >= 4 is 39.1 Å². The van der Waals surface area contributed by atoms with Gasteiger partial charge in [-0.1, -0.05) is 30.7 Å². The maximum Gasteiger partial charge on any atom is 0.265 e. The zero-order valence-corrected chi connectivity index (χ0v) is 27.2. The number of amides is 2. The molecule has 3 aromatic rings. The van der Waals surface area contributed by atoms with Crippen LogP contribution < -0.4 is 28.6 Å². The minimum Gasteiger partial charge on any atom is -0.497 e. The fourth-order valence-corrected chi connectivity index (χ4v) is 6.02. The molecule has 1 N–H and O–H groups in total. The summed E-state index contributed by atoms with van der Waals surface area (Å²) in [4.78, 5) is 28.4. The minimum absolute atomic E-state index is 0.00761. The molecule has 0 saturated heterocycles. The second-order valence-electron chi connectivity index (χ2n) is 9.68. The van der Waals surface area contributed by atoms with Gasteiger partial charge in [0.05, 0.1) is 39.0 Å². The molecule has 44 heavy (non-hydrogen) atoms. The summed E-state index contributed by atoms with van der Waals surface area (Å²) < 4.78 is 50.9. The monoisotopic (exact) mass is 647 g/mol. The summed E-state index contributed by atoms with van der Waals surface area (Å²) in [6.45, 7) is 3.26. The first kappa shape index (κ1) is 34.3. The molecule has 0 aliphatic rings. The van der Waals surface area contributed by atoms with Gasteiger partial charge in [-0.05, 0) is 61.4 Å². The fraction of sp³-hybridized carbons (Fsp3) is 0.355. The molecule has 238 valence electrons. The topological polar surface area (TPSA) is 124 Å². The Balaban J connectivity index is 2.14. The number of anilines is 1. The maximum absolute atomic E-state index is 14.3. The highest BCUT2D eigenvalue weighted by molar-refractivity contribution is 7.92. The van der Waals surface area contributed by atoms with E-state index in [4.69, 9.17) is 30.5 Å². The molecule has 0 spiro atoms. The zero-order chi connectivity index (χ0) is 32.4. The van der Waals surface area contributed by atoms with Crippen LogP contribution in [-0.4, -0.2) is 72.7 Å². The van der Waals surface area contributed by atoms with Gasteiger partial charge in [-0.15, -0.1) is 0 Å². The highest BCUT2D eigenvalue weighted by Gasteiger charge is 2.34. The number of halogens is 1. The van der Waals surface area contributed by atoms with Crippen molar-refractivity contribution in [1.29, 1.82) is 0 Å². The molecule has 1 atom stereocenters. The summed E-state index contributed by atoms with van der Waals surface area (Å²) in [5, 5.41) is 3.04. The predicted molar refractivity (Wildman–Crippen MR) is 168 cm³/mol. The molecule has 11 nitrogen and oxygen atoms in total. The Hall–Kier alpha value is -4.16. The predicted octanol–water partition coefficient (Wildman–Crippen LogP) is 4.51. The summed E-state index contributed by atoms with van der Waals surface area (Å²) in [5.74, 6) is 0.221. The van der Waals surface area contributed by atoms with Crippen molar-refractivity contribution in [3.05, 3.63) is 71.2 Å². The molecule has 13 heteroatoms. The van der Waals surface area contributed by atoms with Crippen molar-refractivity contribution in [2.75, 3.05) is 45.8 Å². The number of sulfonamides is 1. The SMILES string of the molecule is CCCNC(=O)[C@@H](C)N(Cc1cccc(OC)c1)C(=O)CN(c1cc(Cl)ccc1OC)S(=O)(=O)c1ccc(OC)c(OC)c1. The van der Waals surface area contributed by atoms with Gasteiger partial charge in [0.1, 0.15) is 24.1 Å². The van der Waals surface area contributed by atoms with Crippen molar-refractivity contribution in [3.8, 4) is 23.0 Å². The second kappa shape index (κ2) is 15.5. The van der Waals surface area contributed by atoms with E-state index in [1.165, 1.54) is 63.7 Å². The summed E-state index contributed by atoms with van der Waals surface area (Å²) in [7, 11) is 1.28.